The number of carbonyl (C=O) groups is 1. The van der Waals surface area contributed by atoms with Crippen molar-refractivity contribution in [1.82, 2.24) is 15.1 Å². The van der Waals surface area contributed by atoms with Crippen LogP contribution in [0.5, 0.6) is 0 Å². The Kier molecular flexibility index (Phi) is 3.04. The maximum atomic E-state index is 11.6. The standard InChI is InChI=1S/C11H13N5O/c1-8-9(2)16(15-13-8)14-11(17)12-10-6-4-3-5-7-10/h3-7H,1-2H3,(H2,12,14,17). The first-order valence-corrected chi connectivity index (χ1v) is 5.19. The highest BCUT2D eigenvalue weighted by Crippen LogP contribution is 2.05. The molecule has 2 aromatic rings. The quantitative estimate of drug-likeness (QED) is 0.825. The van der Waals surface area contributed by atoms with E-state index in [1.54, 1.807) is 12.1 Å². The Hall–Kier alpha value is -2.37. The normalized spacial score (nSPS) is 10.0. The molecule has 1 aromatic carbocycles. The summed E-state index contributed by atoms with van der Waals surface area (Å²) >= 11 is 0. The van der Waals surface area contributed by atoms with Crippen LogP contribution >= 0.6 is 0 Å². The zero-order valence-electron chi connectivity index (χ0n) is 9.64. The van der Waals surface area contributed by atoms with Gasteiger partial charge in [-0.05, 0) is 31.2 Å². The summed E-state index contributed by atoms with van der Waals surface area (Å²) < 4.78 is 0. The van der Waals surface area contributed by atoms with Crippen LogP contribution in [0.1, 0.15) is 11.4 Å². The zero-order chi connectivity index (χ0) is 12.3. The van der Waals surface area contributed by atoms with E-state index in [-0.39, 0.29) is 6.03 Å². The maximum Gasteiger partial charge on any atom is 0.339 e. The lowest BCUT2D eigenvalue weighted by Gasteiger charge is -2.07. The number of hydrogen-bond acceptors (Lipinski definition) is 3. The molecule has 0 bridgehead atoms. The minimum atomic E-state index is -0.357. The number of aromatic nitrogens is 3. The number of benzene rings is 1. The number of nitrogens with one attached hydrogen (secondary N) is 2. The van der Waals surface area contributed by atoms with Crippen LogP contribution in [-0.4, -0.2) is 21.1 Å². The maximum absolute atomic E-state index is 11.6. The van der Waals surface area contributed by atoms with Gasteiger partial charge < -0.3 is 5.32 Å². The van der Waals surface area contributed by atoms with Crippen LogP contribution in [0.2, 0.25) is 0 Å². The summed E-state index contributed by atoms with van der Waals surface area (Å²) in [6, 6.07) is 8.83. The molecule has 1 heterocycles. The molecule has 88 valence electrons. The third-order valence-electron chi connectivity index (χ3n) is 2.36. The predicted octanol–water partition coefficient (Wildman–Crippen LogP) is 1.67. The number of nitrogens with zero attached hydrogens (tertiary/aromatic N) is 3. The molecule has 1 aromatic heterocycles. The number of amides is 2. The van der Waals surface area contributed by atoms with E-state index in [1.807, 2.05) is 32.0 Å². The van der Waals surface area contributed by atoms with Crippen molar-refractivity contribution in [3.8, 4) is 0 Å². The Morgan fingerprint density at radius 1 is 1.24 bits per heavy atom. The number of carbonyl (C=O) groups excluding carboxylic acids is 1. The molecule has 0 atom stereocenters. The van der Waals surface area contributed by atoms with Crippen LogP contribution in [0.15, 0.2) is 30.3 Å². The van der Waals surface area contributed by atoms with E-state index < -0.39 is 0 Å². The topological polar surface area (TPSA) is 71.8 Å². The molecule has 0 fully saturated rings. The molecule has 0 radical (unpaired) electrons. The van der Waals surface area contributed by atoms with Gasteiger partial charge in [0.1, 0.15) is 0 Å². The highest BCUT2D eigenvalue weighted by Gasteiger charge is 2.07. The molecule has 6 nitrogen and oxygen atoms in total. The molecule has 2 amide bonds. The van der Waals surface area contributed by atoms with Gasteiger partial charge in [-0.1, -0.05) is 18.2 Å². The fraction of sp³-hybridized carbons (Fsp3) is 0.182. The van der Waals surface area contributed by atoms with Crippen LogP contribution in [0.3, 0.4) is 0 Å². The Morgan fingerprint density at radius 2 is 1.94 bits per heavy atom. The summed E-state index contributed by atoms with van der Waals surface area (Å²) in [5.74, 6) is 0. The van der Waals surface area contributed by atoms with E-state index in [2.05, 4.69) is 21.1 Å². The first-order valence-electron chi connectivity index (χ1n) is 5.19. The van der Waals surface area contributed by atoms with E-state index in [1.165, 1.54) is 4.79 Å². The number of hydrogen-bond donors (Lipinski definition) is 2. The van der Waals surface area contributed by atoms with Gasteiger partial charge in [-0.2, -0.15) is 4.79 Å². The number of rotatable bonds is 2. The Balaban J connectivity index is 2.01. The lowest BCUT2D eigenvalue weighted by Crippen LogP contribution is -2.29. The van der Waals surface area contributed by atoms with E-state index in [0.29, 0.717) is 0 Å². The van der Waals surface area contributed by atoms with Gasteiger partial charge in [-0.25, -0.2) is 10.2 Å². The lowest BCUT2D eigenvalue weighted by atomic mass is 10.3. The minimum absolute atomic E-state index is 0.357. The molecule has 0 aliphatic carbocycles. The van der Waals surface area contributed by atoms with Gasteiger partial charge in [0.25, 0.3) is 0 Å². The highest BCUT2D eigenvalue weighted by molar-refractivity contribution is 5.94. The van der Waals surface area contributed by atoms with Crippen LogP contribution in [0, 0.1) is 13.8 Å². The summed E-state index contributed by atoms with van der Waals surface area (Å²) in [5.41, 5.74) is 4.88. The fourth-order valence-corrected chi connectivity index (χ4v) is 1.29. The zero-order valence-corrected chi connectivity index (χ0v) is 9.64. The van der Waals surface area contributed by atoms with Gasteiger partial charge in [0.05, 0.1) is 11.4 Å². The van der Waals surface area contributed by atoms with Crippen molar-refractivity contribution in [3.63, 3.8) is 0 Å². The van der Waals surface area contributed by atoms with Crippen LogP contribution in [-0.2, 0) is 0 Å². The minimum Gasteiger partial charge on any atom is -0.307 e. The molecule has 0 spiro atoms. The molecular formula is C11H13N5O. The average molecular weight is 231 g/mol. The Bertz CT molecular complexity index is 520. The van der Waals surface area contributed by atoms with Crippen LogP contribution in [0.25, 0.3) is 0 Å². The molecule has 0 saturated heterocycles. The van der Waals surface area contributed by atoms with Crippen LogP contribution < -0.4 is 10.7 Å². The molecule has 0 aliphatic heterocycles. The van der Waals surface area contributed by atoms with Gasteiger partial charge in [-0.3, -0.25) is 0 Å². The van der Waals surface area contributed by atoms with Crippen molar-refractivity contribution in [3.05, 3.63) is 41.7 Å². The summed E-state index contributed by atoms with van der Waals surface area (Å²) in [6.07, 6.45) is 0. The van der Waals surface area contributed by atoms with Gasteiger partial charge in [-0.15, -0.1) is 5.10 Å². The van der Waals surface area contributed by atoms with E-state index >= 15 is 0 Å². The van der Waals surface area contributed by atoms with E-state index in [9.17, 15) is 4.79 Å². The molecule has 6 heteroatoms. The number of para-hydroxylation sites is 1. The van der Waals surface area contributed by atoms with Crippen molar-refractivity contribution in [2.45, 2.75) is 13.8 Å². The smallest absolute Gasteiger partial charge is 0.307 e. The second kappa shape index (κ2) is 4.65. The van der Waals surface area contributed by atoms with Crippen molar-refractivity contribution >= 4 is 11.7 Å². The predicted molar refractivity (Wildman–Crippen MR) is 64.3 cm³/mol. The summed E-state index contributed by atoms with van der Waals surface area (Å²) in [4.78, 5) is 13.0. The Morgan fingerprint density at radius 3 is 2.53 bits per heavy atom. The molecule has 2 N–H and O–H groups in total. The molecule has 0 unspecified atom stereocenters. The van der Waals surface area contributed by atoms with Crippen molar-refractivity contribution in [2.75, 3.05) is 10.7 Å². The van der Waals surface area contributed by atoms with E-state index in [0.717, 1.165) is 17.1 Å². The summed E-state index contributed by atoms with van der Waals surface area (Å²) in [5, 5.41) is 10.3. The van der Waals surface area contributed by atoms with Crippen molar-refractivity contribution in [2.24, 2.45) is 0 Å². The Labute approximate surface area is 98.6 Å². The van der Waals surface area contributed by atoms with Gasteiger partial charge >= 0.3 is 6.03 Å². The molecule has 2 rings (SSSR count). The van der Waals surface area contributed by atoms with Gasteiger partial charge in [0, 0.05) is 5.69 Å². The van der Waals surface area contributed by atoms with Crippen molar-refractivity contribution in [1.29, 1.82) is 0 Å². The van der Waals surface area contributed by atoms with Crippen LogP contribution in [0.4, 0.5) is 10.5 Å². The summed E-state index contributed by atoms with van der Waals surface area (Å²) in [6.45, 7) is 3.66. The van der Waals surface area contributed by atoms with Gasteiger partial charge in [0.2, 0.25) is 0 Å². The largest absolute Gasteiger partial charge is 0.339 e. The van der Waals surface area contributed by atoms with Gasteiger partial charge in [0.15, 0.2) is 0 Å². The molecular weight excluding hydrogens is 218 g/mol. The lowest BCUT2D eigenvalue weighted by molar-refractivity contribution is 0.259. The summed E-state index contributed by atoms with van der Waals surface area (Å²) in [7, 11) is 0. The highest BCUT2D eigenvalue weighted by atomic mass is 16.2. The SMILES string of the molecule is Cc1nnn(NC(=O)Nc2ccccc2)c1C. The molecule has 0 aliphatic rings. The monoisotopic (exact) mass is 231 g/mol. The number of aryl methyl sites for hydroxylation is 1. The fourth-order valence-electron chi connectivity index (χ4n) is 1.29. The first-order chi connectivity index (χ1) is 8.16. The third-order valence-corrected chi connectivity index (χ3v) is 2.36. The second-order valence-corrected chi connectivity index (χ2v) is 3.60. The third kappa shape index (κ3) is 2.60. The van der Waals surface area contributed by atoms with Crippen molar-refractivity contribution < 1.29 is 4.79 Å². The number of anilines is 1. The second-order valence-electron chi connectivity index (χ2n) is 3.60. The molecule has 17 heavy (non-hydrogen) atoms. The average Bonchev–Trinajstić information content (AvgIpc) is 2.62. The van der Waals surface area contributed by atoms with E-state index in [4.69, 9.17) is 0 Å². The first kappa shape index (κ1) is 11.1. The molecule has 0 saturated carbocycles. The number of urea groups is 1.